The Bertz CT molecular complexity index is 382. The quantitative estimate of drug-likeness (QED) is 0.839. The maximum Gasteiger partial charge on any atom is 0.317 e. The van der Waals surface area contributed by atoms with Gasteiger partial charge in [-0.05, 0) is 47.8 Å². The van der Waals surface area contributed by atoms with Gasteiger partial charge in [0.2, 0.25) is 0 Å². The van der Waals surface area contributed by atoms with Crippen molar-refractivity contribution >= 4 is 33.3 Å². The summed E-state index contributed by atoms with van der Waals surface area (Å²) in [4.78, 5) is 14.5. The van der Waals surface area contributed by atoms with Crippen LogP contribution < -0.4 is 5.32 Å². The second kappa shape index (κ2) is 7.76. The molecule has 4 nitrogen and oxygen atoms in total. The number of halogens is 1. The number of carbonyl (C=O) groups is 1. The lowest BCUT2D eigenvalue weighted by atomic mass is 10.3. The second-order valence-electron chi connectivity index (χ2n) is 4.25. The lowest BCUT2D eigenvalue weighted by molar-refractivity contribution is 0.163. The second-order valence-corrected chi connectivity index (χ2v) is 6.79. The Labute approximate surface area is 120 Å². The summed E-state index contributed by atoms with van der Waals surface area (Å²) in [6.07, 6.45) is 1.07. The van der Waals surface area contributed by atoms with Gasteiger partial charge in [0, 0.05) is 25.0 Å². The first-order chi connectivity index (χ1) is 8.49. The molecule has 0 spiro atoms. The van der Waals surface area contributed by atoms with E-state index in [1.54, 1.807) is 30.2 Å². The van der Waals surface area contributed by atoms with E-state index in [2.05, 4.69) is 27.3 Å². The number of amides is 2. The Morgan fingerprint density at radius 2 is 2.33 bits per heavy atom. The number of nitrogens with one attached hydrogen (secondary N) is 1. The van der Waals surface area contributed by atoms with E-state index < -0.39 is 0 Å². The molecule has 0 radical (unpaired) electrons. The van der Waals surface area contributed by atoms with Gasteiger partial charge in [0.05, 0.1) is 9.89 Å². The van der Waals surface area contributed by atoms with Crippen molar-refractivity contribution in [2.45, 2.75) is 25.9 Å². The molecule has 1 rings (SSSR count). The third-order valence-corrected chi connectivity index (χ3v) is 4.19. The highest BCUT2D eigenvalue weighted by molar-refractivity contribution is 9.11. The molecule has 0 saturated heterocycles. The lowest BCUT2D eigenvalue weighted by Gasteiger charge is -2.18. The molecule has 0 bridgehead atoms. The molecule has 2 amide bonds. The topological polar surface area (TPSA) is 52.6 Å². The van der Waals surface area contributed by atoms with Gasteiger partial charge in [0.25, 0.3) is 0 Å². The molecule has 102 valence electrons. The summed E-state index contributed by atoms with van der Waals surface area (Å²) < 4.78 is 1.11. The summed E-state index contributed by atoms with van der Waals surface area (Å²) >= 11 is 5.09. The normalized spacial score (nSPS) is 12.2. The summed E-state index contributed by atoms with van der Waals surface area (Å²) in [5.41, 5.74) is 0. The first kappa shape index (κ1) is 15.5. The summed E-state index contributed by atoms with van der Waals surface area (Å²) in [5, 5.41) is 12.0. The van der Waals surface area contributed by atoms with Crippen LogP contribution >= 0.6 is 27.3 Å². The van der Waals surface area contributed by atoms with Gasteiger partial charge in [0.1, 0.15) is 0 Å². The predicted octanol–water partition coefficient (Wildman–Crippen LogP) is 2.47. The van der Waals surface area contributed by atoms with Crippen LogP contribution in [0.25, 0.3) is 0 Å². The van der Waals surface area contributed by atoms with E-state index in [4.69, 9.17) is 5.11 Å². The number of nitrogens with zero attached hydrogens (tertiary/aromatic N) is 1. The number of urea groups is 1. The standard InChI is InChI=1S/C12H19BrN2O2S/c1-9(16)6-8-15(2)12(17)14-7-5-10-3-4-11(13)18-10/h3-4,9,16H,5-8H2,1-2H3,(H,14,17). The number of rotatable bonds is 6. The molecule has 0 fully saturated rings. The van der Waals surface area contributed by atoms with E-state index in [1.165, 1.54) is 4.88 Å². The zero-order valence-corrected chi connectivity index (χ0v) is 13.1. The van der Waals surface area contributed by atoms with Gasteiger partial charge in [-0.2, -0.15) is 0 Å². The molecule has 6 heteroatoms. The Morgan fingerprint density at radius 1 is 1.61 bits per heavy atom. The summed E-state index contributed by atoms with van der Waals surface area (Å²) in [5.74, 6) is 0. The maximum atomic E-state index is 11.7. The van der Waals surface area contributed by atoms with E-state index in [9.17, 15) is 4.79 Å². The number of thiophene rings is 1. The van der Waals surface area contributed by atoms with Crippen LogP contribution in [0.15, 0.2) is 15.9 Å². The minimum atomic E-state index is -0.372. The van der Waals surface area contributed by atoms with Crippen LogP contribution in [0, 0.1) is 0 Å². The first-order valence-corrected chi connectivity index (χ1v) is 7.51. The minimum Gasteiger partial charge on any atom is -0.393 e. The van der Waals surface area contributed by atoms with Crippen molar-refractivity contribution in [3.63, 3.8) is 0 Å². The van der Waals surface area contributed by atoms with Crippen LogP contribution in [-0.2, 0) is 6.42 Å². The molecule has 1 aromatic heterocycles. The van der Waals surface area contributed by atoms with Crippen molar-refractivity contribution in [3.05, 3.63) is 20.8 Å². The molecular weight excluding hydrogens is 316 g/mol. The van der Waals surface area contributed by atoms with Crippen LogP contribution in [0.2, 0.25) is 0 Å². The molecule has 1 heterocycles. The zero-order chi connectivity index (χ0) is 13.5. The molecule has 2 N–H and O–H groups in total. The van der Waals surface area contributed by atoms with E-state index >= 15 is 0 Å². The number of aliphatic hydroxyl groups excluding tert-OH is 1. The van der Waals surface area contributed by atoms with E-state index in [0.717, 1.165) is 10.2 Å². The molecule has 1 aromatic rings. The third-order valence-electron chi connectivity index (χ3n) is 2.51. The fourth-order valence-electron chi connectivity index (χ4n) is 1.40. The number of aliphatic hydroxyl groups is 1. The van der Waals surface area contributed by atoms with Crippen molar-refractivity contribution < 1.29 is 9.90 Å². The zero-order valence-electron chi connectivity index (χ0n) is 10.6. The molecule has 0 aliphatic rings. The van der Waals surface area contributed by atoms with Crippen molar-refractivity contribution in [2.75, 3.05) is 20.1 Å². The smallest absolute Gasteiger partial charge is 0.317 e. The summed E-state index contributed by atoms with van der Waals surface area (Å²) in [6.45, 7) is 2.92. The highest BCUT2D eigenvalue weighted by atomic mass is 79.9. The molecule has 0 saturated carbocycles. The molecule has 1 atom stereocenters. The van der Waals surface area contributed by atoms with Crippen molar-refractivity contribution in [1.29, 1.82) is 0 Å². The maximum absolute atomic E-state index is 11.7. The SMILES string of the molecule is CC(O)CCN(C)C(=O)NCCc1ccc(Br)s1. The molecule has 18 heavy (non-hydrogen) atoms. The van der Waals surface area contributed by atoms with Gasteiger partial charge >= 0.3 is 6.03 Å². The predicted molar refractivity (Wildman–Crippen MR) is 78.0 cm³/mol. The summed E-state index contributed by atoms with van der Waals surface area (Å²) in [7, 11) is 1.74. The van der Waals surface area contributed by atoms with E-state index in [1.807, 2.05) is 6.07 Å². The third kappa shape index (κ3) is 5.84. The average Bonchev–Trinajstić information content (AvgIpc) is 2.71. The van der Waals surface area contributed by atoms with Crippen LogP contribution in [-0.4, -0.2) is 42.3 Å². The largest absolute Gasteiger partial charge is 0.393 e. The van der Waals surface area contributed by atoms with Crippen LogP contribution in [0.4, 0.5) is 4.79 Å². The monoisotopic (exact) mass is 334 g/mol. The van der Waals surface area contributed by atoms with Gasteiger partial charge in [-0.3, -0.25) is 0 Å². The van der Waals surface area contributed by atoms with Gasteiger partial charge in [-0.25, -0.2) is 4.79 Å². The summed E-state index contributed by atoms with van der Waals surface area (Å²) in [6, 6.07) is 3.97. The Hall–Kier alpha value is -0.590. The number of carbonyl (C=O) groups excluding carboxylic acids is 1. The fourth-order valence-corrected chi connectivity index (χ4v) is 2.88. The molecule has 1 unspecified atom stereocenters. The fraction of sp³-hybridized carbons (Fsp3) is 0.583. The van der Waals surface area contributed by atoms with Gasteiger partial charge in [-0.1, -0.05) is 0 Å². The molecular formula is C12H19BrN2O2S. The lowest BCUT2D eigenvalue weighted by Crippen LogP contribution is -2.39. The molecule has 0 aromatic carbocycles. The van der Waals surface area contributed by atoms with E-state index in [0.29, 0.717) is 19.5 Å². The average molecular weight is 335 g/mol. The van der Waals surface area contributed by atoms with Crippen LogP contribution in [0.3, 0.4) is 0 Å². The van der Waals surface area contributed by atoms with Crippen molar-refractivity contribution in [3.8, 4) is 0 Å². The van der Waals surface area contributed by atoms with Crippen molar-refractivity contribution in [2.24, 2.45) is 0 Å². The van der Waals surface area contributed by atoms with Gasteiger partial charge < -0.3 is 15.3 Å². The number of hydrogen-bond acceptors (Lipinski definition) is 3. The molecule has 0 aliphatic heterocycles. The Kier molecular flexibility index (Phi) is 6.67. The van der Waals surface area contributed by atoms with Gasteiger partial charge in [-0.15, -0.1) is 11.3 Å². The van der Waals surface area contributed by atoms with Crippen LogP contribution in [0.1, 0.15) is 18.2 Å². The highest BCUT2D eigenvalue weighted by Gasteiger charge is 2.08. The number of hydrogen-bond donors (Lipinski definition) is 2. The van der Waals surface area contributed by atoms with Gasteiger partial charge in [0.15, 0.2) is 0 Å². The Morgan fingerprint density at radius 3 is 2.89 bits per heavy atom. The highest BCUT2D eigenvalue weighted by Crippen LogP contribution is 2.21. The van der Waals surface area contributed by atoms with Crippen molar-refractivity contribution in [1.82, 2.24) is 10.2 Å². The van der Waals surface area contributed by atoms with E-state index in [-0.39, 0.29) is 12.1 Å². The first-order valence-electron chi connectivity index (χ1n) is 5.90. The minimum absolute atomic E-state index is 0.0914. The van der Waals surface area contributed by atoms with Crippen LogP contribution in [0.5, 0.6) is 0 Å². The molecule has 0 aliphatic carbocycles. The Balaban J connectivity index is 2.20.